The second-order valence-electron chi connectivity index (χ2n) is 2.50. The minimum atomic E-state index is -0.191. The number of hydrogen-bond donors (Lipinski definition) is 0. The second kappa shape index (κ2) is 4.12. The molecule has 0 saturated carbocycles. The highest BCUT2D eigenvalue weighted by atomic mass is 35.5. The average molecular weight is 234 g/mol. The molecule has 74 valence electrons. The van der Waals surface area contributed by atoms with Crippen molar-refractivity contribution in [1.29, 1.82) is 0 Å². The van der Waals surface area contributed by atoms with Crippen LogP contribution >= 0.6 is 24.0 Å². The van der Waals surface area contributed by atoms with E-state index < -0.39 is 0 Å². The Morgan fingerprint density at radius 1 is 1.57 bits per heavy atom. The number of halogens is 2. The van der Waals surface area contributed by atoms with Crippen LogP contribution in [0.3, 0.4) is 0 Å². The number of fused-ring (bicyclic) bond motifs is 1. The summed E-state index contributed by atoms with van der Waals surface area (Å²) in [6.07, 6.45) is 1.40. The second-order valence-corrected chi connectivity index (χ2v) is 3.22. The lowest BCUT2D eigenvalue weighted by Gasteiger charge is -2.03. The van der Waals surface area contributed by atoms with Crippen molar-refractivity contribution in [3.63, 3.8) is 0 Å². The van der Waals surface area contributed by atoms with Gasteiger partial charge >= 0.3 is 0 Å². The number of hydrogen-bond acceptors (Lipinski definition) is 4. The van der Waals surface area contributed by atoms with Crippen LogP contribution in [0.5, 0.6) is 0 Å². The smallest absolute Gasteiger partial charge is 0.208 e. The summed E-state index contributed by atoms with van der Waals surface area (Å²) in [6.45, 7) is 0.0931. The molecule has 0 aliphatic carbocycles. The van der Waals surface area contributed by atoms with Crippen molar-refractivity contribution < 1.29 is 8.07 Å². The van der Waals surface area contributed by atoms with Crippen molar-refractivity contribution in [2.75, 3.05) is 0 Å². The number of nitrogens with zero attached hydrogens (tertiary/aromatic N) is 3. The zero-order valence-corrected chi connectivity index (χ0v) is 8.43. The molecule has 0 atom stereocenters. The van der Waals surface area contributed by atoms with Gasteiger partial charge in [-0.25, -0.2) is 9.50 Å². The molecule has 0 aliphatic heterocycles. The fourth-order valence-electron chi connectivity index (χ4n) is 1.09. The summed E-state index contributed by atoms with van der Waals surface area (Å²) in [5.41, 5.74) is 1.31. The standard InChI is InChI=1S/C7H5ClFN3OS/c8-7-5(3-13-14-9)1-2-6-10-4-11-12(6)7/h1-2,4H,3H2. The zero-order chi connectivity index (χ0) is 9.97. The third kappa shape index (κ3) is 1.68. The topological polar surface area (TPSA) is 39.4 Å². The molecule has 14 heavy (non-hydrogen) atoms. The van der Waals surface area contributed by atoms with E-state index in [0.717, 1.165) is 0 Å². The monoisotopic (exact) mass is 233 g/mol. The first-order valence-corrected chi connectivity index (χ1v) is 4.72. The molecule has 0 N–H and O–H groups in total. The highest BCUT2D eigenvalue weighted by Gasteiger charge is 2.06. The van der Waals surface area contributed by atoms with Crippen molar-refractivity contribution in [3.05, 3.63) is 29.2 Å². The summed E-state index contributed by atoms with van der Waals surface area (Å²) >= 11 is 5.78. The first-order chi connectivity index (χ1) is 6.83. The SMILES string of the molecule is FSOCc1ccc2ncnn2c1Cl. The summed E-state index contributed by atoms with van der Waals surface area (Å²) in [5, 5.41) is 4.29. The van der Waals surface area contributed by atoms with E-state index in [1.807, 2.05) is 0 Å². The van der Waals surface area contributed by atoms with E-state index in [9.17, 15) is 3.89 Å². The van der Waals surface area contributed by atoms with E-state index in [4.69, 9.17) is 11.6 Å². The van der Waals surface area contributed by atoms with Gasteiger partial charge in [0.25, 0.3) is 0 Å². The fraction of sp³-hybridized carbons (Fsp3) is 0.143. The highest BCUT2D eigenvalue weighted by molar-refractivity contribution is 7.89. The van der Waals surface area contributed by atoms with Gasteiger partial charge in [0.05, 0.1) is 6.61 Å². The van der Waals surface area contributed by atoms with E-state index in [0.29, 0.717) is 16.4 Å². The lowest BCUT2D eigenvalue weighted by molar-refractivity contribution is 0.349. The maximum atomic E-state index is 11.7. The van der Waals surface area contributed by atoms with Gasteiger partial charge in [-0.15, -0.1) is 3.89 Å². The molecule has 0 bridgehead atoms. The molecule has 0 unspecified atom stereocenters. The predicted molar refractivity (Wildman–Crippen MR) is 51.5 cm³/mol. The zero-order valence-electron chi connectivity index (χ0n) is 6.85. The van der Waals surface area contributed by atoms with Crippen molar-refractivity contribution in [1.82, 2.24) is 14.6 Å². The Hall–Kier alpha value is -0.850. The third-order valence-corrected chi connectivity index (χ3v) is 2.33. The summed E-state index contributed by atoms with van der Waals surface area (Å²) in [7, 11) is 0. The van der Waals surface area contributed by atoms with Gasteiger partial charge in [0.2, 0.25) is 12.4 Å². The van der Waals surface area contributed by atoms with E-state index in [-0.39, 0.29) is 19.0 Å². The van der Waals surface area contributed by atoms with Crippen LogP contribution in [0.1, 0.15) is 5.56 Å². The molecule has 0 aromatic carbocycles. The fourth-order valence-corrected chi connectivity index (χ4v) is 1.51. The molecule has 2 aromatic heterocycles. The molecule has 0 amide bonds. The molecule has 4 nitrogen and oxygen atoms in total. The van der Waals surface area contributed by atoms with Crippen LogP contribution in [0.25, 0.3) is 5.65 Å². The lowest BCUT2D eigenvalue weighted by Crippen LogP contribution is -1.95. The van der Waals surface area contributed by atoms with Gasteiger partial charge in [-0.3, -0.25) is 4.18 Å². The van der Waals surface area contributed by atoms with Crippen LogP contribution in [-0.4, -0.2) is 14.6 Å². The van der Waals surface area contributed by atoms with Gasteiger partial charge < -0.3 is 0 Å². The van der Waals surface area contributed by atoms with Crippen LogP contribution in [0.2, 0.25) is 5.15 Å². The molecular weight excluding hydrogens is 229 g/mol. The van der Waals surface area contributed by atoms with Crippen LogP contribution in [0.15, 0.2) is 18.5 Å². The van der Waals surface area contributed by atoms with Crippen molar-refractivity contribution in [2.45, 2.75) is 6.61 Å². The molecule has 7 heteroatoms. The van der Waals surface area contributed by atoms with Gasteiger partial charge in [-0.1, -0.05) is 11.6 Å². The normalized spacial score (nSPS) is 11.0. The first-order valence-electron chi connectivity index (χ1n) is 3.70. The van der Waals surface area contributed by atoms with E-state index in [1.165, 1.54) is 10.8 Å². The Kier molecular flexibility index (Phi) is 2.85. The molecule has 0 aliphatic rings. The largest absolute Gasteiger partial charge is 0.283 e. The Morgan fingerprint density at radius 3 is 3.21 bits per heavy atom. The maximum absolute atomic E-state index is 11.7. The molecule has 2 aromatic rings. The molecule has 0 fully saturated rings. The highest BCUT2D eigenvalue weighted by Crippen LogP contribution is 2.19. The van der Waals surface area contributed by atoms with E-state index in [1.54, 1.807) is 12.1 Å². The van der Waals surface area contributed by atoms with Crippen LogP contribution in [0.4, 0.5) is 3.89 Å². The van der Waals surface area contributed by atoms with E-state index in [2.05, 4.69) is 14.3 Å². The molecule has 0 saturated heterocycles. The van der Waals surface area contributed by atoms with Gasteiger partial charge in [-0.05, 0) is 12.1 Å². The molecule has 2 heterocycles. The van der Waals surface area contributed by atoms with E-state index >= 15 is 0 Å². The number of rotatable bonds is 3. The summed E-state index contributed by atoms with van der Waals surface area (Å²) < 4.78 is 17.7. The number of pyridine rings is 1. The Labute approximate surface area is 88.5 Å². The van der Waals surface area contributed by atoms with Gasteiger partial charge in [0.15, 0.2) is 5.65 Å². The van der Waals surface area contributed by atoms with Crippen molar-refractivity contribution in [2.24, 2.45) is 0 Å². The quantitative estimate of drug-likeness (QED) is 0.603. The Balaban J connectivity index is 2.40. The van der Waals surface area contributed by atoms with Gasteiger partial charge in [-0.2, -0.15) is 5.10 Å². The lowest BCUT2D eigenvalue weighted by atomic mass is 10.3. The minimum absolute atomic E-state index is 0.0931. The van der Waals surface area contributed by atoms with Crippen LogP contribution in [0, 0.1) is 0 Å². The summed E-state index contributed by atoms with van der Waals surface area (Å²) in [6, 6.07) is 3.46. The maximum Gasteiger partial charge on any atom is 0.208 e. The van der Waals surface area contributed by atoms with Crippen LogP contribution in [-0.2, 0) is 10.8 Å². The number of aromatic nitrogens is 3. The molecule has 0 spiro atoms. The van der Waals surface area contributed by atoms with Gasteiger partial charge in [0.1, 0.15) is 11.5 Å². The first kappa shape index (κ1) is 9.70. The summed E-state index contributed by atoms with van der Waals surface area (Å²) in [4.78, 5) is 3.95. The Bertz CT molecular complexity index is 449. The molecule has 0 radical (unpaired) electrons. The minimum Gasteiger partial charge on any atom is -0.283 e. The van der Waals surface area contributed by atoms with Crippen molar-refractivity contribution in [3.8, 4) is 0 Å². The molecular formula is C7H5ClFN3OS. The van der Waals surface area contributed by atoms with Gasteiger partial charge in [0, 0.05) is 5.56 Å². The average Bonchev–Trinajstić information content (AvgIpc) is 2.66. The van der Waals surface area contributed by atoms with Crippen LogP contribution < -0.4 is 0 Å². The molecule has 2 rings (SSSR count). The van der Waals surface area contributed by atoms with Crippen molar-refractivity contribution >= 4 is 29.7 Å². The predicted octanol–water partition coefficient (Wildman–Crippen LogP) is 2.43. The Morgan fingerprint density at radius 2 is 2.43 bits per heavy atom. The summed E-state index contributed by atoms with van der Waals surface area (Å²) in [5.74, 6) is 0. The third-order valence-electron chi connectivity index (χ3n) is 1.72.